The van der Waals surface area contributed by atoms with Crippen LogP contribution in [-0.2, 0) is 20.9 Å². The van der Waals surface area contributed by atoms with E-state index >= 15 is 0 Å². The molecule has 0 bridgehead atoms. The van der Waals surface area contributed by atoms with Crippen LogP contribution in [0.15, 0.2) is 77.3 Å². The summed E-state index contributed by atoms with van der Waals surface area (Å²) in [5, 5.41) is 15.5. The minimum Gasteiger partial charge on any atom is -0.460 e. The summed E-state index contributed by atoms with van der Waals surface area (Å²) in [6.45, 7) is -0.625. The molecule has 0 saturated carbocycles. The van der Waals surface area contributed by atoms with Crippen LogP contribution >= 0.6 is 15.9 Å². The summed E-state index contributed by atoms with van der Waals surface area (Å²) in [7, 11) is 0. The molecule has 0 spiro atoms. The van der Waals surface area contributed by atoms with Gasteiger partial charge in [0.2, 0.25) is 5.91 Å². The van der Waals surface area contributed by atoms with Crippen LogP contribution in [0.25, 0.3) is 0 Å². The van der Waals surface area contributed by atoms with E-state index in [1.165, 1.54) is 24.3 Å². The lowest BCUT2D eigenvalue weighted by Gasteiger charge is -2.09. The molecule has 0 aliphatic carbocycles. The summed E-state index contributed by atoms with van der Waals surface area (Å²) in [5.41, 5.74) is 1.07. The Morgan fingerprint density at radius 1 is 0.829 bits per heavy atom. The van der Waals surface area contributed by atoms with Gasteiger partial charge in [0.05, 0.1) is 11.5 Å². The number of nitrogens with one attached hydrogen (secondary N) is 2. The molecule has 0 unspecified atom stereocenters. The molecule has 0 saturated heterocycles. The molecule has 2 N–H and O–H groups in total. The molecule has 3 aromatic carbocycles. The first-order chi connectivity index (χ1) is 16.8. The van der Waals surface area contributed by atoms with Crippen LogP contribution < -0.4 is 15.4 Å². The lowest BCUT2D eigenvalue weighted by molar-refractivity contribution is -0.384. The highest BCUT2D eigenvalue weighted by Crippen LogP contribution is 2.24. The van der Waals surface area contributed by atoms with E-state index in [-0.39, 0.29) is 25.4 Å². The predicted octanol–water partition coefficient (Wildman–Crippen LogP) is 3.74. The lowest BCUT2D eigenvalue weighted by atomic mass is 10.2. The van der Waals surface area contributed by atoms with E-state index in [0.717, 1.165) is 4.47 Å². The summed E-state index contributed by atoms with van der Waals surface area (Å²) >= 11 is 3.28. The first-order valence-corrected chi connectivity index (χ1v) is 11.1. The highest BCUT2D eigenvalue weighted by Gasteiger charge is 2.10. The number of esters is 1. The smallest absolute Gasteiger partial charge is 0.325 e. The number of nitro benzene ring substituents is 1. The zero-order valence-corrected chi connectivity index (χ0v) is 19.8. The van der Waals surface area contributed by atoms with Crippen molar-refractivity contribution in [1.29, 1.82) is 0 Å². The SMILES string of the molecule is O=C(CNC(=O)c1ccc(Br)cc1)NCC(=O)OCc1ccc(Oc2ccc([N+](=O)[O-])cc2)cc1. The van der Waals surface area contributed by atoms with Crippen LogP contribution in [0, 0.1) is 10.1 Å². The Labute approximate surface area is 208 Å². The molecule has 2 amide bonds. The van der Waals surface area contributed by atoms with Crippen molar-refractivity contribution >= 4 is 39.4 Å². The standard InChI is InChI=1S/C24H20BrN3O7/c25-18-5-3-17(4-6-18)24(31)27-13-22(29)26-14-23(30)34-15-16-1-9-20(10-2-16)35-21-11-7-19(8-12-21)28(32)33/h1-12H,13-15H2,(H,26,29)(H,27,31). The minimum atomic E-state index is -0.635. The number of amides is 2. The van der Waals surface area contributed by atoms with Gasteiger partial charge in [-0.2, -0.15) is 0 Å². The number of carbonyl (C=O) groups excluding carboxylic acids is 3. The van der Waals surface area contributed by atoms with Crippen LogP contribution in [0.1, 0.15) is 15.9 Å². The number of ether oxygens (including phenoxy) is 2. The molecule has 180 valence electrons. The van der Waals surface area contributed by atoms with Crippen LogP contribution in [0.2, 0.25) is 0 Å². The third-order valence-corrected chi connectivity index (χ3v) is 5.08. The number of non-ortho nitro benzene ring substituents is 1. The predicted molar refractivity (Wildman–Crippen MR) is 129 cm³/mol. The summed E-state index contributed by atoms with van der Waals surface area (Å²) in [5.74, 6) is -0.620. The van der Waals surface area contributed by atoms with Crippen molar-refractivity contribution in [2.45, 2.75) is 6.61 Å². The number of nitro groups is 1. The lowest BCUT2D eigenvalue weighted by Crippen LogP contribution is -2.39. The van der Waals surface area contributed by atoms with E-state index in [1.807, 2.05) is 0 Å². The van der Waals surface area contributed by atoms with E-state index in [2.05, 4.69) is 26.6 Å². The second kappa shape index (κ2) is 12.3. The number of halogens is 1. The van der Waals surface area contributed by atoms with E-state index in [0.29, 0.717) is 22.6 Å². The van der Waals surface area contributed by atoms with Gasteiger partial charge in [-0.15, -0.1) is 0 Å². The Hall–Kier alpha value is -4.25. The van der Waals surface area contributed by atoms with Gasteiger partial charge in [-0.25, -0.2) is 0 Å². The molecule has 0 aromatic heterocycles. The van der Waals surface area contributed by atoms with E-state index in [1.54, 1.807) is 48.5 Å². The van der Waals surface area contributed by atoms with Gasteiger partial charge >= 0.3 is 5.97 Å². The third-order valence-electron chi connectivity index (χ3n) is 4.55. The minimum absolute atomic E-state index is 0.00712. The quantitative estimate of drug-likeness (QED) is 0.226. The van der Waals surface area contributed by atoms with Gasteiger partial charge in [0.1, 0.15) is 24.7 Å². The molecule has 0 aliphatic heterocycles. The first-order valence-electron chi connectivity index (χ1n) is 10.3. The molecule has 0 fully saturated rings. The number of carbonyl (C=O) groups is 3. The molecule has 0 atom stereocenters. The van der Waals surface area contributed by atoms with Gasteiger partial charge in [-0.1, -0.05) is 28.1 Å². The Morgan fingerprint density at radius 2 is 1.43 bits per heavy atom. The van der Waals surface area contributed by atoms with Gasteiger partial charge in [0.25, 0.3) is 11.6 Å². The summed E-state index contributed by atoms with van der Waals surface area (Å²) < 4.78 is 11.6. The summed E-state index contributed by atoms with van der Waals surface area (Å²) in [6.07, 6.45) is 0. The van der Waals surface area contributed by atoms with Crippen LogP contribution in [0.4, 0.5) is 5.69 Å². The van der Waals surface area contributed by atoms with E-state index < -0.39 is 22.7 Å². The maximum atomic E-state index is 12.0. The van der Waals surface area contributed by atoms with E-state index in [9.17, 15) is 24.5 Å². The van der Waals surface area contributed by atoms with Crippen molar-refractivity contribution in [3.8, 4) is 11.5 Å². The number of hydrogen-bond acceptors (Lipinski definition) is 7. The molecule has 35 heavy (non-hydrogen) atoms. The monoisotopic (exact) mass is 541 g/mol. The molecule has 3 aromatic rings. The van der Waals surface area contributed by atoms with Gasteiger partial charge in [-0.3, -0.25) is 24.5 Å². The average Bonchev–Trinajstić information content (AvgIpc) is 2.86. The Morgan fingerprint density at radius 3 is 2.03 bits per heavy atom. The zero-order valence-electron chi connectivity index (χ0n) is 18.2. The van der Waals surface area contributed by atoms with Crippen LogP contribution in [0.5, 0.6) is 11.5 Å². The van der Waals surface area contributed by atoms with Gasteiger partial charge in [0, 0.05) is 22.2 Å². The van der Waals surface area contributed by atoms with Crippen molar-refractivity contribution in [2.24, 2.45) is 0 Å². The largest absolute Gasteiger partial charge is 0.460 e. The highest BCUT2D eigenvalue weighted by molar-refractivity contribution is 9.10. The molecule has 0 heterocycles. The van der Waals surface area contributed by atoms with E-state index in [4.69, 9.17) is 9.47 Å². The highest BCUT2D eigenvalue weighted by atomic mass is 79.9. The van der Waals surface area contributed by atoms with Crippen molar-refractivity contribution in [1.82, 2.24) is 10.6 Å². The molecule has 0 radical (unpaired) electrons. The van der Waals surface area contributed by atoms with Gasteiger partial charge in [0.15, 0.2) is 0 Å². The first kappa shape index (κ1) is 25.4. The number of rotatable bonds is 10. The topological polar surface area (TPSA) is 137 Å². The summed E-state index contributed by atoms with van der Waals surface area (Å²) in [6, 6.07) is 19.1. The average molecular weight is 542 g/mol. The summed E-state index contributed by atoms with van der Waals surface area (Å²) in [4.78, 5) is 46.0. The fourth-order valence-electron chi connectivity index (χ4n) is 2.74. The van der Waals surface area contributed by atoms with Gasteiger partial charge < -0.3 is 20.1 Å². The zero-order chi connectivity index (χ0) is 25.2. The maximum absolute atomic E-state index is 12.0. The van der Waals surface area contributed by atoms with Crippen LogP contribution in [-0.4, -0.2) is 35.8 Å². The molecule has 0 aliphatic rings. The Bertz CT molecular complexity index is 1200. The Kier molecular flexibility index (Phi) is 8.90. The van der Waals surface area contributed by atoms with Crippen molar-refractivity contribution in [3.63, 3.8) is 0 Å². The second-order valence-electron chi connectivity index (χ2n) is 7.12. The fourth-order valence-corrected chi connectivity index (χ4v) is 3.00. The number of benzene rings is 3. The van der Waals surface area contributed by atoms with Crippen molar-refractivity contribution in [3.05, 3.63) is 98.5 Å². The second-order valence-corrected chi connectivity index (χ2v) is 8.04. The molecular formula is C24H20BrN3O7. The third kappa shape index (κ3) is 8.23. The normalized spacial score (nSPS) is 10.2. The number of hydrogen-bond donors (Lipinski definition) is 2. The van der Waals surface area contributed by atoms with Crippen molar-refractivity contribution < 1.29 is 28.8 Å². The molecule has 3 rings (SSSR count). The Balaban J connectivity index is 1.36. The number of nitrogens with zero attached hydrogens (tertiary/aromatic N) is 1. The van der Waals surface area contributed by atoms with Crippen LogP contribution in [0.3, 0.4) is 0 Å². The molecule has 10 nitrogen and oxygen atoms in total. The maximum Gasteiger partial charge on any atom is 0.325 e. The van der Waals surface area contributed by atoms with Crippen molar-refractivity contribution in [2.75, 3.05) is 13.1 Å². The van der Waals surface area contributed by atoms with Gasteiger partial charge in [-0.05, 0) is 54.1 Å². The fraction of sp³-hybridized carbons (Fsp3) is 0.125. The molecule has 11 heteroatoms. The molecular weight excluding hydrogens is 522 g/mol.